The Bertz CT molecular complexity index is 534. The van der Waals surface area contributed by atoms with Crippen LogP contribution >= 0.6 is 11.6 Å². The molecule has 0 aliphatic rings. The molecule has 0 amide bonds. The average molecular weight is 259 g/mol. The third kappa shape index (κ3) is 2.89. The van der Waals surface area contributed by atoms with Crippen LogP contribution in [0.4, 0.5) is 5.69 Å². The zero-order valence-electron chi connectivity index (χ0n) is 8.57. The molecule has 0 fully saturated rings. The molecule has 0 heterocycles. The molecule has 4 nitrogen and oxygen atoms in total. The number of benzene rings is 1. The molecule has 0 radical (unpaired) electrons. The topological polar surface area (TPSA) is 72.2 Å². The fraction of sp³-hybridized carbons (Fsp3) is 0.200. The number of nitrogens with two attached hydrogens (primary N) is 1. The van der Waals surface area contributed by atoms with Crippen LogP contribution in [0, 0.1) is 12.3 Å². The molecule has 86 valence electrons. The lowest BCUT2D eigenvalue weighted by molar-refractivity contribution is 0.577. The molecule has 0 spiro atoms. The average Bonchev–Trinajstić information content (AvgIpc) is 2.21. The van der Waals surface area contributed by atoms with Gasteiger partial charge < -0.3 is 5.73 Å². The number of rotatable bonds is 3. The highest BCUT2D eigenvalue weighted by atomic mass is 35.5. The SMILES string of the molecule is C#CC(C)NS(=O)(=O)c1ccc(Cl)c(N)c1. The Morgan fingerprint density at radius 2 is 2.19 bits per heavy atom. The molecule has 0 aliphatic carbocycles. The Labute approximate surface area is 99.8 Å². The number of terminal acetylenes is 1. The first-order valence-electron chi connectivity index (χ1n) is 4.40. The summed E-state index contributed by atoms with van der Waals surface area (Å²) in [5.41, 5.74) is 5.72. The van der Waals surface area contributed by atoms with Crippen LogP contribution in [0.15, 0.2) is 23.1 Å². The Hall–Kier alpha value is -1.22. The first-order chi connectivity index (χ1) is 7.36. The van der Waals surface area contributed by atoms with E-state index in [9.17, 15) is 8.42 Å². The summed E-state index contributed by atoms with van der Waals surface area (Å²) in [6.07, 6.45) is 5.09. The zero-order chi connectivity index (χ0) is 12.3. The van der Waals surface area contributed by atoms with E-state index in [4.69, 9.17) is 23.8 Å². The summed E-state index contributed by atoms with van der Waals surface area (Å²) in [5, 5.41) is 0.309. The van der Waals surface area contributed by atoms with Gasteiger partial charge in [-0.05, 0) is 25.1 Å². The first kappa shape index (κ1) is 12.8. The van der Waals surface area contributed by atoms with Crippen molar-refractivity contribution in [1.82, 2.24) is 4.72 Å². The molecular weight excluding hydrogens is 248 g/mol. The van der Waals surface area contributed by atoms with Gasteiger partial charge in [0.05, 0.1) is 21.6 Å². The van der Waals surface area contributed by atoms with Gasteiger partial charge in [-0.2, -0.15) is 4.72 Å². The fourth-order valence-corrected chi connectivity index (χ4v) is 2.34. The van der Waals surface area contributed by atoms with Crippen LogP contribution in [0.5, 0.6) is 0 Å². The minimum absolute atomic E-state index is 0.0384. The van der Waals surface area contributed by atoms with Crippen molar-refractivity contribution in [3.05, 3.63) is 23.2 Å². The van der Waals surface area contributed by atoms with E-state index < -0.39 is 16.1 Å². The van der Waals surface area contributed by atoms with Gasteiger partial charge in [-0.1, -0.05) is 17.5 Å². The second-order valence-corrected chi connectivity index (χ2v) is 5.31. The van der Waals surface area contributed by atoms with Gasteiger partial charge >= 0.3 is 0 Å². The van der Waals surface area contributed by atoms with Crippen molar-refractivity contribution in [3.63, 3.8) is 0 Å². The second-order valence-electron chi connectivity index (χ2n) is 3.19. The molecule has 1 rings (SSSR count). The third-order valence-electron chi connectivity index (χ3n) is 1.86. The van der Waals surface area contributed by atoms with E-state index in [2.05, 4.69) is 10.6 Å². The summed E-state index contributed by atoms with van der Waals surface area (Å²) in [6.45, 7) is 1.57. The van der Waals surface area contributed by atoms with Crippen LogP contribution in [0.2, 0.25) is 5.02 Å². The van der Waals surface area contributed by atoms with Crippen LogP contribution in [-0.4, -0.2) is 14.5 Å². The molecule has 1 atom stereocenters. The molecule has 1 unspecified atom stereocenters. The summed E-state index contributed by atoms with van der Waals surface area (Å²) in [4.78, 5) is 0.0384. The number of nitrogen functional groups attached to an aromatic ring is 1. The van der Waals surface area contributed by atoms with Gasteiger partial charge in [0.1, 0.15) is 0 Å². The minimum atomic E-state index is -3.64. The van der Waals surface area contributed by atoms with Crippen LogP contribution < -0.4 is 10.5 Å². The van der Waals surface area contributed by atoms with Gasteiger partial charge in [-0.3, -0.25) is 0 Å². The number of hydrogen-bond donors (Lipinski definition) is 2. The van der Waals surface area contributed by atoms with Gasteiger partial charge in [0.2, 0.25) is 10.0 Å². The van der Waals surface area contributed by atoms with E-state index in [1.165, 1.54) is 18.2 Å². The largest absolute Gasteiger partial charge is 0.397 e. The molecule has 0 aromatic heterocycles. The molecule has 6 heteroatoms. The Morgan fingerprint density at radius 1 is 1.56 bits per heavy atom. The molecule has 1 aromatic rings. The van der Waals surface area contributed by atoms with Gasteiger partial charge in [-0.25, -0.2) is 8.42 Å². The minimum Gasteiger partial charge on any atom is -0.397 e. The van der Waals surface area contributed by atoms with Crippen molar-refractivity contribution in [1.29, 1.82) is 0 Å². The molecular formula is C10H11ClN2O2S. The van der Waals surface area contributed by atoms with E-state index >= 15 is 0 Å². The smallest absolute Gasteiger partial charge is 0.241 e. The number of hydrogen-bond acceptors (Lipinski definition) is 3. The Morgan fingerprint density at radius 3 is 2.69 bits per heavy atom. The fourth-order valence-electron chi connectivity index (χ4n) is 1.02. The number of sulfonamides is 1. The maximum atomic E-state index is 11.8. The van der Waals surface area contributed by atoms with Crippen molar-refractivity contribution in [2.45, 2.75) is 17.9 Å². The summed E-state index contributed by atoms with van der Waals surface area (Å²) in [5.74, 6) is 2.27. The first-order valence-corrected chi connectivity index (χ1v) is 6.26. The van der Waals surface area contributed by atoms with Gasteiger partial charge in [0.15, 0.2) is 0 Å². The normalized spacial score (nSPS) is 13.1. The highest BCUT2D eigenvalue weighted by Gasteiger charge is 2.16. The molecule has 0 aliphatic heterocycles. The zero-order valence-corrected chi connectivity index (χ0v) is 10.1. The van der Waals surface area contributed by atoms with E-state index in [1.54, 1.807) is 6.92 Å². The summed E-state index contributed by atoms with van der Waals surface area (Å²) >= 11 is 5.69. The summed E-state index contributed by atoms with van der Waals surface area (Å²) in [6, 6.07) is 3.49. The van der Waals surface area contributed by atoms with Crippen molar-refractivity contribution in [2.75, 3.05) is 5.73 Å². The van der Waals surface area contributed by atoms with E-state index in [1.807, 2.05) is 0 Å². The van der Waals surface area contributed by atoms with Gasteiger partial charge in [0, 0.05) is 0 Å². The number of nitrogens with one attached hydrogen (secondary N) is 1. The quantitative estimate of drug-likeness (QED) is 0.633. The predicted molar refractivity (Wildman–Crippen MR) is 64.5 cm³/mol. The molecule has 0 saturated heterocycles. The van der Waals surface area contributed by atoms with Crippen LogP contribution in [0.1, 0.15) is 6.92 Å². The summed E-state index contributed by atoms with van der Waals surface area (Å²) in [7, 11) is -3.64. The van der Waals surface area contributed by atoms with Crippen molar-refractivity contribution < 1.29 is 8.42 Å². The van der Waals surface area contributed by atoms with Crippen molar-refractivity contribution in [3.8, 4) is 12.3 Å². The van der Waals surface area contributed by atoms with Gasteiger partial charge in [0.25, 0.3) is 0 Å². The highest BCUT2D eigenvalue weighted by Crippen LogP contribution is 2.22. The summed E-state index contributed by atoms with van der Waals surface area (Å²) < 4.78 is 25.8. The maximum Gasteiger partial charge on any atom is 0.241 e. The number of anilines is 1. The van der Waals surface area contributed by atoms with E-state index in [0.29, 0.717) is 5.02 Å². The Kier molecular flexibility index (Phi) is 3.81. The van der Waals surface area contributed by atoms with E-state index in [0.717, 1.165) is 0 Å². The van der Waals surface area contributed by atoms with E-state index in [-0.39, 0.29) is 10.6 Å². The maximum absolute atomic E-state index is 11.8. The number of halogens is 1. The Balaban J connectivity index is 3.09. The molecule has 16 heavy (non-hydrogen) atoms. The molecule has 0 bridgehead atoms. The molecule has 1 aromatic carbocycles. The van der Waals surface area contributed by atoms with Crippen molar-refractivity contribution in [2.24, 2.45) is 0 Å². The molecule has 0 saturated carbocycles. The second kappa shape index (κ2) is 4.74. The van der Waals surface area contributed by atoms with Crippen LogP contribution in [-0.2, 0) is 10.0 Å². The van der Waals surface area contributed by atoms with Gasteiger partial charge in [-0.15, -0.1) is 6.42 Å². The lowest BCUT2D eigenvalue weighted by atomic mass is 10.3. The van der Waals surface area contributed by atoms with Crippen molar-refractivity contribution >= 4 is 27.3 Å². The lowest BCUT2D eigenvalue weighted by Crippen LogP contribution is -2.31. The monoisotopic (exact) mass is 258 g/mol. The lowest BCUT2D eigenvalue weighted by Gasteiger charge is -2.09. The third-order valence-corrected chi connectivity index (χ3v) is 3.74. The molecule has 3 N–H and O–H groups in total. The predicted octanol–water partition coefficient (Wildman–Crippen LogP) is 1.22. The van der Waals surface area contributed by atoms with Crippen LogP contribution in [0.3, 0.4) is 0 Å². The standard InChI is InChI=1S/C10H11ClN2O2S/c1-3-7(2)13-16(14,15)8-4-5-9(11)10(12)6-8/h1,4-7,13H,12H2,2H3. The van der Waals surface area contributed by atoms with Crippen LogP contribution in [0.25, 0.3) is 0 Å². The highest BCUT2D eigenvalue weighted by molar-refractivity contribution is 7.89.